The van der Waals surface area contributed by atoms with Crippen LogP contribution < -0.4 is 4.74 Å². The Hall–Kier alpha value is -3.13. The number of nitrogens with zero attached hydrogens (tertiary/aromatic N) is 1. The fourth-order valence-electron chi connectivity index (χ4n) is 3.29. The molecule has 0 atom stereocenters. The van der Waals surface area contributed by atoms with E-state index in [4.69, 9.17) is 9.72 Å². The third-order valence-corrected chi connectivity index (χ3v) is 4.54. The summed E-state index contributed by atoms with van der Waals surface area (Å²) in [6.07, 6.45) is 0. The highest BCUT2D eigenvalue weighted by molar-refractivity contribution is 5.87. The first-order valence-electron chi connectivity index (χ1n) is 8.10. The molecule has 3 aromatic carbocycles. The van der Waals surface area contributed by atoms with Gasteiger partial charge in [0.25, 0.3) is 0 Å². The highest BCUT2D eigenvalue weighted by Crippen LogP contribution is 2.39. The summed E-state index contributed by atoms with van der Waals surface area (Å²) < 4.78 is 5.94. The molecular weight excluding hydrogens is 294 g/mol. The van der Waals surface area contributed by atoms with Crippen molar-refractivity contribution < 1.29 is 4.74 Å². The quantitative estimate of drug-likeness (QED) is 0.465. The zero-order valence-electron chi connectivity index (χ0n) is 13.1. The topological polar surface area (TPSA) is 22.1 Å². The van der Waals surface area contributed by atoms with E-state index in [9.17, 15) is 0 Å². The zero-order valence-corrected chi connectivity index (χ0v) is 13.1. The minimum absolute atomic E-state index is 0.595. The van der Waals surface area contributed by atoms with Gasteiger partial charge in [-0.2, -0.15) is 0 Å². The minimum Gasteiger partial charge on any atom is -0.487 e. The molecule has 0 saturated heterocycles. The fourth-order valence-corrected chi connectivity index (χ4v) is 3.29. The van der Waals surface area contributed by atoms with E-state index < -0.39 is 0 Å². The minimum atomic E-state index is 0.595. The molecule has 0 unspecified atom stereocenters. The standard InChI is InChI=1S/C22H15NO/c1-2-6-15(7-3-1)16-10-11-18-14-24-21-13-17-8-4-5-9-20(17)23-22(21)19(18)12-16/h1-13H,14H2. The Morgan fingerprint density at radius 3 is 2.50 bits per heavy atom. The summed E-state index contributed by atoms with van der Waals surface area (Å²) in [7, 11) is 0. The summed E-state index contributed by atoms with van der Waals surface area (Å²) in [6.45, 7) is 0.595. The van der Waals surface area contributed by atoms with Crippen LogP contribution in [0.1, 0.15) is 5.56 Å². The molecule has 0 N–H and O–H groups in total. The number of fused-ring (bicyclic) bond motifs is 4. The molecule has 2 heteroatoms. The number of hydrogen-bond donors (Lipinski definition) is 0. The van der Waals surface area contributed by atoms with Gasteiger partial charge in [-0.15, -0.1) is 0 Å². The number of rotatable bonds is 1. The molecule has 5 rings (SSSR count). The summed E-state index contributed by atoms with van der Waals surface area (Å²) in [5.41, 5.74) is 6.71. The lowest BCUT2D eigenvalue weighted by Crippen LogP contribution is -2.07. The molecular formula is C22H15NO. The van der Waals surface area contributed by atoms with Crippen molar-refractivity contribution in [1.82, 2.24) is 4.98 Å². The molecule has 2 nitrogen and oxygen atoms in total. The van der Waals surface area contributed by atoms with Gasteiger partial charge in [0, 0.05) is 10.9 Å². The van der Waals surface area contributed by atoms with E-state index in [1.54, 1.807) is 0 Å². The van der Waals surface area contributed by atoms with Crippen molar-refractivity contribution in [3.63, 3.8) is 0 Å². The number of aromatic nitrogens is 1. The molecule has 1 aliphatic heterocycles. The number of ether oxygens (including phenoxy) is 1. The predicted molar refractivity (Wildman–Crippen MR) is 96.9 cm³/mol. The van der Waals surface area contributed by atoms with Gasteiger partial charge >= 0.3 is 0 Å². The molecule has 1 aromatic heterocycles. The average Bonchev–Trinajstić information content (AvgIpc) is 2.66. The Balaban J connectivity index is 1.73. The van der Waals surface area contributed by atoms with Gasteiger partial charge in [-0.3, -0.25) is 0 Å². The van der Waals surface area contributed by atoms with Crippen LogP contribution in [-0.4, -0.2) is 4.98 Å². The van der Waals surface area contributed by atoms with Gasteiger partial charge in [0.05, 0.1) is 5.52 Å². The van der Waals surface area contributed by atoms with Crippen LogP contribution in [-0.2, 0) is 6.61 Å². The third-order valence-electron chi connectivity index (χ3n) is 4.54. The number of para-hydroxylation sites is 1. The fraction of sp³-hybridized carbons (Fsp3) is 0.0455. The van der Waals surface area contributed by atoms with E-state index in [1.807, 2.05) is 24.3 Å². The molecule has 2 heterocycles. The van der Waals surface area contributed by atoms with Crippen molar-refractivity contribution in [2.75, 3.05) is 0 Å². The van der Waals surface area contributed by atoms with Crippen molar-refractivity contribution in [2.45, 2.75) is 6.61 Å². The van der Waals surface area contributed by atoms with Crippen LogP contribution in [0.4, 0.5) is 0 Å². The third kappa shape index (κ3) is 2.08. The van der Waals surface area contributed by atoms with E-state index in [1.165, 1.54) is 22.3 Å². The van der Waals surface area contributed by atoms with Gasteiger partial charge in [-0.05, 0) is 34.9 Å². The normalized spacial score (nSPS) is 12.3. The second-order valence-corrected chi connectivity index (χ2v) is 6.05. The van der Waals surface area contributed by atoms with Crippen LogP contribution in [0.2, 0.25) is 0 Å². The van der Waals surface area contributed by atoms with Gasteiger partial charge < -0.3 is 4.74 Å². The summed E-state index contributed by atoms with van der Waals surface area (Å²) in [6, 6.07) is 27.2. The average molecular weight is 309 g/mol. The van der Waals surface area contributed by atoms with E-state index >= 15 is 0 Å². The molecule has 0 amide bonds. The molecule has 1 aliphatic rings. The number of pyridine rings is 1. The van der Waals surface area contributed by atoms with Crippen molar-refractivity contribution >= 4 is 10.9 Å². The van der Waals surface area contributed by atoms with Gasteiger partial charge in [-0.25, -0.2) is 4.98 Å². The lowest BCUT2D eigenvalue weighted by molar-refractivity contribution is 0.301. The highest BCUT2D eigenvalue weighted by Gasteiger charge is 2.20. The van der Waals surface area contributed by atoms with Gasteiger partial charge in [0.1, 0.15) is 18.1 Å². The van der Waals surface area contributed by atoms with Gasteiger partial charge in [0.2, 0.25) is 0 Å². The first-order valence-corrected chi connectivity index (χ1v) is 8.10. The lowest BCUT2D eigenvalue weighted by Gasteiger charge is -2.21. The largest absolute Gasteiger partial charge is 0.487 e. The molecule has 0 spiro atoms. The van der Waals surface area contributed by atoms with Crippen LogP contribution in [0.5, 0.6) is 5.75 Å². The summed E-state index contributed by atoms with van der Waals surface area (Å²) in [4.78, 5) is 4.87. The lowest BCUT2D eigenvalue weighted by atomic mass is 9.95. The van der Waals surface area contributed by atoms with Crippen molar-refractivity contribution in [3.05, 3.63) is 84.4 Å². The maximum absolute atomic E-state index is 5.94. The maximum atomic E-state index is 5.94. The zero-order chi connectivity index (χ0) is 15.9. The molecule has 0 fully saturated rings. The Bertz CT molecular complexity index is 1050. The highest BCUT2D eigenvalue weighted by atomic mass is 16.5. The Kier molecular flexibility index (Phi) is 2.89. The smallest absolute Gasteiger partial charge is 0.146 e. The molecule has 0 radical (unpaired) electrons. The molecule has 24 heavy (non-hydrogen) atoms. The summed E-state index contributed by atoms with van der Waals surface area (Å²) in [5, 5.41) is 1.11. The second-order valence-electron chi connectivity index (χ2n) is 6.05. The number of benzene rings is 3. The Morgan fingerprint density at radius 1 is 0.750 bits per heavy atom. The van der Waals surface area contributed by atoms with Crippen LogP contribution in [0.15, 0.2) is 78.9 Å². The van der Waals surface area contributed by atoms with Gasteiger partial charge in [-0.1, -0.05) is 60.7 Å². The van der Waals surface area contributed by atoms with Crippen LogP contribution >= 0.6 is 0 Å². The molecule has 0 aliphatic carbocycles. The SMILES string of the molecule is c1ccc(-c2ccc3c(c2)-c2nc4ccccc4cc2OC3)cc1. The molecule has 114 valence electrons. The van der Waals surface area contributed by atoms with Crippen LogP contribution in [0.3, 0.4) is 0 Å². The maximum Gasteiger partial charge on any atom is 0.146 e. The molecule has 4 aromatic rings. The molecule has 0 bridgehead atoms. The Morgan fingerprint density at radius 2 is 1.58 bits per heavy atom. The van der Waals surface area contributed by atoms with Crippen molar-refractivity contribution in [2.24, 2.45) is 0 Å². The van der Waals surface area contributed by atoms with E-state index in [-0.39, 0.29) is 0 Å². The van der Waals surface area contributed by atoms with Crippen LogP contribution in [0.25, 0.3) is 33.3 Å². The first kappa shape index (κ1) is 13.3. The van der Waals surface area contributed by atoms with Crippen LogP contribution in [0, 0.1) is 0 Å². The Labute approximate surface area is 140 Å². The first-order chi connectivity index (χ1) is 11.9. The van der Waals surface area contributed by atoms with Crippen molar-refractivity contribution in [1.29, 1.82) is 0 Å². The van der Waals surface area contributed by atoms with Gasteiger partial charge in [0.15, 0.2) is 0 Å². The van der Waals surface area contributed by atoms with Crippen molar-refractivity contribution in [3.8, 4) is 28.1 Å². The second kappa shape index (κ2) is 5.20. The van der Waals surface area contributed by atoms with E-state index in [2.05, 4.69) is 54.6 Å². The summed E-state index contributed by atoms with van der Waals surface area (Å²) >= 11 is 0. The molecule has 0 saturated carbocycles. The number of hydrogen-bond acceptors (Lipinski definition) is 2. The van der Waals surface area contributed by atoms with E-state index in [0.29, 0.717) is 6.61 Å². The monoisotopic (exact) mass is 309 g/mol. The predicted octanol–water partition coefficient (Wildman–Crippen LogP) is 5.46. The summed E-state index contributed by atoms with van der Waals surface area (Å²) in [5.74, 6) is 0.867. The van der Waals surface area contributed by atoms with E-state index in [0.717, 1.165) is 22.3 Å².